The van der Waals surface area contributed by atoms with Crippen LogP contribution in [0.4, 0.5) is 0 Å². The second kappa shape index (κ2) is 7.62. The highest BCUT2D eigenvalue weighted by molar-refractivity contribution is 5.94. The quantitative estimate of drug-likeness (QED) is 0.890. The van der Waals surface area contributed by atoms with Gasteiger partial charge >= 0.3 is 0 Å². The molecule has 146 valence electrons. The third kappa shape index (κ3) is 3.59. The Labute approximate surface area is 164 Å². The zero-order valence-electron chi connectivity index (χ0n) is 16.1. The summed E-state index contributed by atoms with van der Waals surface area (Å²) in [6.07, 6.45) is 5.77. The lowest BCUT2D eigenvalue weighted by molar-refractivity contribution is -0.130. The molecule has 1 aromatic carbocycles. The fourth-order valence-corrected chi connectivity index (χ4v) is 4.21. The average Bonchev–Trinajstić information content (AvgIpc) is 2.87. The van der Waals surface area contributed by atoms with Gasteiger partial charge in [0.25, 0.3) is 5.91 Å². The molecule has 4 rings (SSSR count). The Morgan fingerprint density at radius 1 is 1.29 bits per heavy atom. The number of rotatable bonds is 3. The molecule has 2 atom stereocenters. The van der Waals surface area contributed by atoms with Gasteiger partial charge in [-0.2, -0.15) is 0 Å². The number of hydrogen-bond donors (Lipinski definition) is 1. The maximum atomic E-state index is 12.8. The van der Waals surface area contributed by atoms with Crippen molar-refractivity contribution in [2.24, 2.45) is 0 Å². The maximum Gasteiger partial charge on any atom is 0.253 e. The van der Waals surface area contributed by atoms with Gasteiger partial charge in [0.15, 0.2) is 0 Å². The first-order valence-electron chi connectivity index (χ1n) is 9.87. The predicted octanol–water partition coefficient (Wildman–Crippen LogP) is 3.11. The number of ether oxygens (including phenoxy) is 1. The number of nitrogens with zero attached hydrogens (tertiary/aromatic N) is 2. The fraction of sp³-hybridized carbons (Fsp3) is 0.409. The summed E-state index contributed by atoms with van der Waals surface area (Å²) in [5, 5.41) is 3.16. The van der Waals surface area contributed by atoms with E-state index in [9.17, 15) is 9.59 Å². The molecule has 0 radical (unpaired) electrons. The standard InChI is InChI=1S/C22H25N3O3/c1-2-25-13-11-22(10-9-20(25)26)14-18(17-7-3-4-8-19(17)28-22)24-21(27)16-6-5-12-23-15-16/h3-8,12,15,18H,2,9-11,13-14H2,1H3,(H,24,27)/t18-,22-/m0/s1. The molecule has 3 heterocycles. The Bertz CT molecular complexity index is 870. The Morgan fingerprint density at radius 2 is 2.14 bits per heavy atom. The molecule has 2 amide bonds. The van der Waals surface area contributed by atoms with E-state index in [1.54, 1.807) is 24.5 Å². The largest absolute Gasteiger partial charge is 0.487 e. The van der Waals surface area contributed by atoms with Crippen LogP contribution in [-0.2, 0) is 4.79 Å². The minimum atomic E-state index is -0.444. The Hall–Kier alpha value is -2.89. The number of nitrogens with one attached hydrogen (secondary N) is 1. The molecule has 2 aliphatic heterocycles. The summed E-state index contributed by atoms with van der Waals surface area (Å²) in [6.45, 7) is 3.40. The molecule has 0 saturated carbocycles. The molecule has 0 bridgehead atoms. The molecule has 0 aliphatic carbocycles. The lowest BCUT2D eigenvalue weighted by Crippen LogP contribution is -2.46. The molecule has 1 fully saturated rings. The number of carbonyl (C=O) groups excluding carboxylic acids is 2. The van der Waals surface area contributed by atoms with Gasteiger partial charge in [0.2, 0.25) is 5.91 Å². The summed E-state index contributed by atoms with van der Waals surface area (Å²) in [5.74, 6) is 0.824. The summed E-state index contributed by atoms with van der Waals surface area (Å²) in [5.41, 5.74) is 1.07. The summed E-state index contributed by atoms with van der Waals surface area (Å²) in [4.78, 5) is 31.0. The van der Waals surface area contributed by atoms with E-state index in [2.05, 4.69) is 10.3 Å². The predicted molar refractivity (Wildman–Crippen MR) is 105 cm³/mol. The van der Waals surface area contributed by atoms with E-state index in [0.29, 0.717) is 37.9 Å². The first-order chi connectivity index (χ1) is 13.6. The smallest absolute Gasteiger partial charge is 0.253 e. The minimum absolute atomic E-state index is 0.148. The third-order valence-electron chi connectivity index (χ3n) is 5.79. The number of fused-ring (bicyclic) bond motifs is 1. The molecule has 0 unspecified atom stereocenters. The summed E-state index contributed by atoms with van der Waals surface area (Å²) in [6, 6.07) is 11.2. The molecule has 28 heavy (non-hydrogen) atoms. The van der Waals surface area contributed by atoms with Crippen molar-refractivity contribution in [3.8, 4) is 5.75 Å². The van der Waals surface area contributed by atoms with E-state index < -0.39 is 5.60 Å². The summed E-state index contributed by atoms with van der Waals surface area (Å²) in [7, 11) is 0. The maximum absolute atomic E-state index is 12.8. The van der Waals surface area contributed by atoms with E-state index in [4.69, 9.17) is 4.74 Å². The van der Waals surface area contributed by atoms with Crippen molar-refractivity contribution in [3.63, 3.8) is 0 Å². The van der Waals surface area contributed by atoms with Gasteiger partial charge in [0, 0.05) is 50.3 Å². The van der Waals surface area contributed by atoms with E-state index >= 15 is 0 Å². The molecule has 2 aromatic rings. The average molecular weight is 379 g/mol. The van der Waals surface area contributed by atoms with Crippen molar-refractivity contribution in [2.75, 3.05) is 13.1 Å². The lowest BCUT2D eigenvalue weighted by atomic mass is 9.82. The Morgan fingerprint density at radius 3 is 2.93 bits per heavy atom. The van der Waals surface area contributed by atoms with Gasteiger partial charge in [0.05, 0.1) is 11.6 Å². The van der Waals surface area contributed by atoms with Crippen LogP contribution in [0.1, 0.15) is 54.6 Å². The van der Waals surface area contributed by atoms with Crippen LogP contribution < -0.4 is 10.1 Å². The van der Waals surface area contributed by atoms with Crippen LogP contribution in [0.3, 0.4) is 0 Å². The number of benzene rings is 1. The van der Waals surface area contributed by atoms with Crippen LogP contribution >= 0.6 is 0 Å². The fourth-order valence-electron chi connectivity index (χ4n) is 4.21. The molecule has 1 saturated heterocycles. The van der Waals surface area contributed by atoms with E-state index in [0.717, 1.165) is 17.7 Å². The van der Waals surface area contributed by atoms with Gasteiger partial charge in [0.1, 0.15) is 11.4 Å². The third-order valence-corrected chi connectivity index (χ3v) is 5.79. The molecule has 1 spiro atoms. The summed E-state index contributed by atoms with van der Waals surface area (Å²) < 4.78 is 6.46. The minimum Gasteiger partial charge on any atom is -0.487 e. The molecular formula is C22H25N3O3. The van der Waals surface area contributed by atoms with Gasteiger partial charge in [-0.1, -0.05) is 18.2 Å². The SMILES string of the molecule is CCN1CC[C@@]2(CCC1=O)C[C@H](NC(=O)c1cccnc1)c1ccccc1O2. The number of hydrogen-bond acceptors (Lipinski definition) is 4. The first kappa shape index (κ1) is 18.5. The lowest BCUT2D eigenvalue weighted by Gasteiger charge is -2.42. The van der Waals surface area contributed by atoms with Crippen molar-refractivity contribution >= 4 is 11.8 Å². The van der Waals surface area contributed by atoms with Gasteiger partial charge in [-0.15, -0.1) is 0 Å². The van der Waals surface area contributed by atoms with Gasteiger partial charge < -0.3 is 15.0 Å². The summed E-state index contributed by atoms with van der Waals surface area (Å²) >= 11 is 0. The molecule has 1 aromatic heterocycles. The van der Waals surface area contributed by atoms with E-state index in [1.807, 2.05) is 36.1 Å². The monoisotopic (exact) mass is 379 g/mol. The van der Waals surface area contributed by atoms with Crippen molar-refractivity contribution in [1.29, 1.82) is 0 Å². The zero-order chi connectivity index (χ0) is 19.6. The van der Waals surface area contributed by atoms with Gasteiger partial charge in [-0.25, -0.2) is 0 Å². The number of carbonyl (C=O) groups is 2. The number of likely N-dealkylation sites (tertiary alicyclic amines) is 1. The second-order valence-corrected chi connectivity index (χ2v) is 7.52. The van der Waals surface area contributed by atoms with Crippen molar-refractivity contribution < 1.29 is 14.3 Å². The van der Waals surface area contributed by atoms with Crippen LogP contribution in [0.5, 0.6) is 5.75 Å². The van der Waals surface area contributed by atoms with E-state index in [-0.39, 0.29) is 17.9 Å². The van der Waals surface area contributed by atoms with Crippen LogP contribution in [0.15, 0.2) is 48.8 Å². The first-order valence-corrected chi connectivity index (χ1v) is 9.87. The van der Waals surface area contributed by atoms with Crippen molar-refractivity contribution in [1.82, 2.24) is 15.2 Å². The topological polar surface area (TPSA) is 71.5 Å². The molecular weight excluding hydrogens is 354 g/mol. The Kier molecular flexibility index (Phi) is 5.03. The highest BCUT2D eigenvalue weighted by Crippen LogP contribution is 2.44. The number of para-hydroxylation sites is 1. The molecule has 6 heteroatoms. The molecule has 6 nitrogen and oxygen atoms in total. The molecule has 1 N–H and O–H groups in total. The second-order valence-electron chi connectivity index (χ2n) is 7.52. The Balaban J connectivity index is 1.61. The number of amides is 2. The number of aromatic nitrogens is 1. The molecule has 2 aliphatic rings. The van der Waals surface area contributed by atoms with Gasteiger partial charge in [-0.05, 0) is 31.5 Å². The van der Waals surface area contributed by atoms with Gasteiger partial charge in [-0.3, -0.25) is 14.6 Å². The van der Waals surface area contributed by atoms with E-state index in [1.165, 1.54) is 0 Å². The van der Waals surface area contributed by atoms with Crippen molar-refractivity contribution in [3.05, 3.63) is 59.9 Å². The highest BCUT2D eigenvalue weighted by Gasteiger charge is 2.43. The van der Waals surface area contributed by atoms with Crippen LogP contribution in [0, 0.1) is 0 Å². The zero-order valence-corrected chi connectivity index (χ0v) is 16.1. The van der Waals surface area contributed by atoms with Crippen LogP contribution in [-0.4, -0.2) is 40.4 Å². The van der Waals surface area contributed by atoms with Crippen molar-refractivity contribution in [2.45, 2.75) is 44.2 Å². The number of pyridine rings is 1. The van der Waals surface area contributed by atoms with Crippen LogP contribution in [0.25, 0.3) is 0 Å². The van der Waals surface area contributed by atoms with Crippen LogP contribution in [0.2, 0.25) is 0 Å². The highest BCUT2D eigenvalue weighted by atomic mass is 16.5. The normalized spacial score (nSPS) is 24.2.